The molecule has 2 amide bonds. The lowest BCUT2D eigenvalue weighted by molar-refractivity contribution is -0.137. The molecule has 0 radical (unpaired) electrons. The fourth-order valence-corrected chi connectivity index (χ4v) is 5.03. The van der Waals surface area contributed by atoms with E-state index in [0.29, 0.717) is 40.0 Å². The van der Waals surface area contributed by atoms with Gasteiger partial charge in [-0.05, 0) is 66.6 Å². The van der Waals surface area contributed by atoms with Gasteiger partial charge in [-0.1, -0.05) is 31.2 Å². The van der Waals surface area contributed by atoms with Crippen molar-refractivity contribution in [1.29, 1.82) is 0 Å². The second-order valence-electron chi connectivity index (χ2n) is 9.92. The number of oxazole rings is 1. The molecule has 0 bridgehead atoms. The van der Waals surface area contributed by atoms with Gasteiger partial charge >= 0.3 is 12.1 Å². The van der Waals surface area contributed by atoms with Crippen LogP contribution in [0.15, 0.2) is 83.3 Å². The Bertz CT molecular complexity index is 1950. The third kappa shape index (κ3) is 4.88. The Balaban J connectivity index is 1.45. The number of aromatic nitrogens is 1. The lowest BCUT2D eigenvalue weighted by Gasteiger charge is -2.17. The minimum atomic E-state index is -4.52. The van der Waals surface area contributed by atoms with Gasteiger partial charge in [-0.3, -0.25) is 9.59 Å². The molecular weight excluding hydrogens is 563 g/mol. The van der Waals surface area contributed by atoms with Gasteiger partial charge in [0.25, 0.3) is 11.8 Å². The van der Waals surface area contributed by atoms with E-state index in [4.69, 9.17) is 4.42 Å². The van der Waals surface area contributed by atoms with Gasteiger partial charge in [-0.25, -0.2) is 14.7 Å². The van der Waals surface area contributed by atoms with Crippen LogP contribution in [0.3, 0.4) is 0 Å². The van der Waals surface area contributed by atoms with Gasteiger partial charge in [0.05, 0.1) is 33.5 Å². The Morgan fingerprint density at radius 1 is 0.907 bits per heavy atom. The van der Waals surface area contributed by atoms with E-state index in [2.05, 4.69) is 10.3 Å². The van der Waals surface area contributed by atoms with Gasteiger partial charge in [0.1, 0.15) is 5.52 Å². The van der Waals surface area contributed by atoms with Crippen molar-refractivity contribution in [2.24, 2.45) is 0 Å². The smallest absolute Gasteiger partial charge is 0.416 e. The number of nitrogens with one attached hydrogen (secondary N) is 1. The number of aromatic carboxylic acids is 1. The summed E-state index contributed by atoms with van der Waals surface area (Å²) >= 11 is 0. The molecule has 216 valence electrons. The van der Waals surface area contributed by atoms with Crippen LogP contribution in [0.5, 0.6) is 0 Å². The summed E-state index contributed by atoms with van der Waals surface area (Å²) in [5.41, 5.74) is 1.79. The van der Waals surface area contributed by atoms with Crippen molar-refractivity contribution in [3.63, 3.8) is 0 Å². The Morgan fingerprint density at radius 2 is 1.67 bits per heavy atom. The van der Waals surface area contributed by atoms with Crippen molar-refractivity contribution in [3.8, 4) is 22.6 Å². The molecule has 1 aliphatic rings. The van der Waals surface area contributed by atoms with Crippen LogP contribution in [0.2, 0.25) is 0 Å². The predicted molar refractivity (Wildman–Crippen MR) is 153 cm³/mol. The molecule has 0 unspecified atom stereocenters. The molecular formula is C32H22F3N3O5. The standard InChI is InChI=1S/C32H22F3N3O5/c1-2-13-36-25-12-10-20(38-29(39)22-11-9-18(31(41)42)15-23(22)30(38)40)16-24(25)28-37-27-21(7-4-8-26(27)43-28)17-5-3-6-19(14-17)32(33,34)35/h3-12,14-16,36H,2,13H2,1H3,(H,41,42). The number of benzene rings is 4. The van der Waals surface area contributed by atoms with Crippen molar-refractivity contribution >= 4 is 40.3 Å². The number of carboxylic acids is 1. The largest absolute Gasteiger partial charge is 0.478 e. The molecule has 0 fully saturated rings. The number of halogens is 3. The number of anilines is 2. The molecule has 8 nitrogen and oxygen atoms in total. The molecule has 0 saturated carbocycles. The zero-order chi connectivity index (χ0) is 30.5. The summed E-state index contributed by atoms with van der Waals surface area (Å²) in [4.78, 5) is 43.6. The van der Waals surface area contributed by atoms with Gasteiger partial charge in [-0.15, -0.1) is 0 Å². The third-order valence-corrected chi connectivity index (χ3v) is 7.11. The van der Waals surface area contributed by atoms with Crippen LogP contribution in [0.1, 0.15) is 50.0 Å². The van der Waals surface area contributed by atoms with E-state index >= 15 is 0 Å². The van der Waals surface area contributed by atoms with Crippen molar-refractivity contribution in [3.05, 3.63) is 101 Å². The molecule has 0 spiro atoms. The Labute approximate surface area is 242 Å². The van der Waals surface area contributed by atoms with E-state index in [-0.39, 0.29) is 28.3 Å². The van der Waals surface area contributed by atoms with Crippen LogP contribution < -0.4 is 10.2 Å². The highest BCUT2D eigenvalue weighted by Gasteiger charge is 2.38. The maximum Gasteiger partial charge on any atom is 0.416 e. The number of hydrogen-bond acceptors (Lipinski definition) is 6. The first-order chi connectivity index (χ1) is 20.6. The molecule has 2 N–H and O–H groups in total. The Morgan fingerprint density at radius 3 is 2.42 bits per heavy atom. The SMILES string of the molecule is CCCNc1ccc(N2C(=O)c3ccc(C(=O)O)cc3C2=O)cc1-c1nc2c(-c3cccc(C(F)(F)F)c3)cccc2o1. The lowest BCUT2D eigenvalue weighted by atomic mass is 10.0. The van der Waals surface area contributed by atoms with Crippen LogP contribution in [-0.2, 0) is 6.18 Å². The quantitative estimate of drug-likeness (QED) is 0.190. The molecule has 2 heterocycles. The average molecular weight is 586 g/mol. The summed E-state index contributed by atoms with van der Waals surface area (Å²) in [6, 6.07) is 18.5. The van der Waals surface area contributed by atoms with Crippen molar-refractivity contribution in [2.45, 2.75) is 19.5 Å². The molecule has 1 aliphatic heterocycles. The number of para-hydroxylation sites is 1. The first kappa shape index (κ1) is 27.7. The van der Waals surface area contributed by atoms with Crippen LogP contribution in [0, 0.1) is 0 Å². The average Bonchev–Trinajstić information content (AvgIpc) is 3.54. The van der Waals surface area contributed by atoms with Crippen molar-refractivity contribution in [2.75, 3.05) is 16.8 Å². The first-order valence-electron chi connectivity index (χ1n) is 13.3. The molecule has 43 heavy (non-hydrogen) atoms. The number of carboxylic acid groups (broad SMARTS) is 1. The predicted octanol–water partition coefficient (Wildman–Crippen LogP) is 7.50. The van der Waals surface area contributed by atoms with Gasteiger partial charge in [0, 0.05) is 17.8 Å². The number of alkyl halides is 3. The van der Waals surface area contributed by atoms with Crippen LogP contribution in [0.25, 0.3) is 33.7 Å². The minimum Gasteiger partial charge on any atom is -0.478 e. The second-order valence-corrected chi connectivity index (χ2v) is 9.92. The minimum absolute atomic E-state index is 0.0211. The summed E-state index contributed by atoms with van der Waals surface area (Å²) < 4.78 is 46.3. The zero-order valence-corrected chi connectivity index (χ0v) is 22.5. The molecule has 0 aliphatic carbocycles. The summed E-state index contributed by atoms with van der Waals surface area (Å²) in [6.07, 6.45) is -3.72. The molecule has 5 aromatic rings. The summed E-state index contributed by atoms with van der Waals surface area (Å²) in [7, 11) is 0. The number of fused-ring (bicyclic) bond motifs is 2. The molecule has 0 saturated heterocycles. The van der Waals surface area contributed by atoms with Gasteiger partial charge < -0.3 is 14.8 Å². The number of carbonyl (C=O) groups excluding carboxylic acids is 2. The van der Waals surface area contributed by atoms with E-state index in [1.54, 1.807) is 42.5 Å². The number of nitrogens with zero attached hydrogens (tertiary/aromatic N) is 2. The Hall–Kier alpha value is -5.45. The van der Waals surface area contributed by atoms with Gasteiger partial charge in [0.2, 0.25) is 5.89 Å². The lowest BCUT2D eigenvalue weighted by Crippen LogP contribution is -2.29. The second kappa shape index (κ2) is 10.4. The maximum atomic E-state index is 13.4. The maximum absolute atomic E-state index is 13.4. The van der Waals surface area contributed by atoms with Crippen LogP contribution >= 0.6 is 0 Å². The van der Waals surface area contributed by atoms with E-state index in [0.717, 1.165) is 23.5 Å². The Kier molecular flexibility index (Phi) is 6.72. The molecule has 1 aromatic heterocycles. The highest BCUT2D eigenvalue weighted by molar-refractivity contribution is 6.34. The number of hydrogen-bond donors (Lipinski definition) is 2. The van der Waals surface area contributed by atoms with E-state index in [1.807, 2.05) is 6.92 Å². The van der Waals surface area contributed by atoms with Crippen molar-refractivity contribution in [1.82, 2.24) is 4.98 Å². The first-order valence-corrected chi connectivity index (χ1v) is 13.3. The number of carbonyl (C=O) groups is 3. The number of rotatable bonds is 7. The highest BCUT2D eigenvalue weighted by Crippen LogP contribution is 2.39. The van der Waals surface area contributed by atoms with Gasteiger partial charge in [-0.2, -0.15) is 13.2 Å². The number of amides is 2. The summed E-state index contributed by atoms with van der Waals surface area (Å²) in [6.45, 7) is 2.57. The molecule has 4 aromatic carbocycles. The molecule has 0 atom stereocenters. The van der Waals surface area contributed by atoms with Crippen molar-refractivity contribution < 1.29 is 37.1 Å². The van der Waals surface area contributed by atoms with E-state index in [9.17, 15) is 32.7 Å². The van der Waals surface area contributed by atoms with Gasteiger partial charge in [0.15, 0.2) is 5.58 Å². The van der Waals surface area contributed by atoms with Crippen LogP contribution in [-0.4, -0.2) is 34.4 Å². The van der Waals surface area contributed by atoms with Crippen LogP contribution in [0.4, 0.5) is 24.5 Å². The van der Waals surface area contributed by atoms with E-state index < -0.39 is 29.5 Å². The molecule has 6 rings (SSSR count). The fourth-order valence-electron chi connectivity index (χ4n) is 5.03. The topological polar surface area (TPSA) is 113 Å². The summed E-state index contributed by atoms with van der Waals surface area (Å²) in [5, 5.41) is 12.6. The monoisotopic (exact) mass is 585 g/mol. The molecule has 11 heteroatoms. The fraction of sp³-hybridized carbons (Fsp3) is 0.125. The number of imide groups is 1. The normalized spacial score (nSPS) is 13.1. The summed E-state index contributed by atoms with van der Waals surface area (Å²) in [5.74, 6) is -2.38. The highest BCUT2D eigenvalue weighted by atomic mass is 19.4. The third-order valence-electron chi connectivity index (χ3n) is 7.11. The zero-order valence-electron chi connectivity index (χ0n) is 22.5. The van der Waals surface area contributed by atoms with E-state index in [1.165, 1.54) is 24.3 Å².